The Morgan fingerprint density at radius 1 is 1.62 bits per heavy atom. The normalized spacial score (nSPS) is 21.6. The van der Waals surface area contributed by atoms with E-state index in [-0.39, 0.29) is 6.10 Å². The summed E-state index contributed by atoms with van der Waals surface area (Å²) >= 11 is 0. The lowest BCUT2D eigenvalue weighted by Crippen LogP contribution is -2.09. The zero-order valence-corrected chi connectivity index (χ0v) is 9.86. The van der Waals surface area contributed by atoms with Crippen LogP contribution in [0.15, 0.2) is 36.0 Å². The van der Waals surface area contributed by atoms with Crippen molar-refractivity contribution in [3.8, 4) is 0 Å². The van der Waals surface area contributed by atoms with Crippen molar-refractivity contribution in [3.05, 3.63) is 36.0 Å². The van der Waals surface area contributed by atoms with Crippen LogP contribution in [0.4, 0.5) is 4.79 Å². The van der Waals surface area contributed by atoms with Crippen LogP contribution < -0.4 is 0 Å². The van der Waals surface area contributed by atoms with E-state index in [4.69, 9.17) is 9.47 Å². The van der Waals surface area contributed by atoms with Gasteiger partial charge in [-0.1, -0.05) is 24.8 Å². The zero-order valence-electron chi connectivity index (χ0n) is 9.86. The van der Waals surface area contributed by atoms with E-state index in [0.717, 1.165) is 12.8 Å². The summed E-state index contributed by atoms with van der Waals surface area (Å²) in [7, 11) is 0. The van der Waals surface area contributed by atoms with E-state index in [9.17, 15) is 4.79 Å². The van der Waals surface area contributed by atoms with Gasteiger partial charge in [-0.15, -0.1) is 0 Å². The Hall–Kier alpha value is -1.51. The van der Waals surface area contributed by atoms with Crippen molar-refractivity contribution in [1.29, 1.82) is 0 Å². The fourth-order valence-electron chi connectivity index (χ4n) is 1.64. The molecular weight excluding hydrogens is 204 g/mol. The van der Waals surface area contributed by atoms with E-state index in [1.807, 2.05) is 32.1 Å². The molecule has 0 N–H and O–H groups in total. The van der Waals surface area contributed by atoms with Crippen molar-refractivity contribution in [2.24, 2.45) is 0 Å². The second kappa shape index (κ2) is 6.16. The van der Waals surface area contributed by atoms with E-state index < -0.39 is 6.16 Å². The maximum atomic E-state index is 10.7. The number of rotatable bonds is 5. The number of hydrogen-bond donors (Lipinski definition) is 0. The SMILES string of the molecule is C=C/C(CCC1COC(=O)O1)=C(C)\C=C/C. The lowest BCUT2D eigenvalue weighted by molar-refractivity contribution is 0.116. The Morgan fingerprint density at radius 2 is 2.38 bits per heavy atom. The van der Waals surface area contributed by atoms with E-state index in [1.165, 1.54) is 11.1 Å². The molecule has 88 valence electrons. The predicted octanol–water partition coefficient (Wildman–Crippen LogP) is 3.38. The molecule has 0 aliphatic carbocycles. The molecule has 0 aromatic heterocycles. The van der Waals surface area contributed by atoms with Crippen LogP contribution in [0, 0.1) is 0 Å². The third-order valence-electron chi connectivity index (χ3n) is 2.56. The molecule has 1 saturated heterocycles. The van der Waals surface area contributed by atoms with Crippen LogP contribution in [-0.2, 0) is 9.47 Å². The van der Waals surface area contributed by atoms with Crippen LogP contribution >= 0.6 is 0 Å². The molecule has 0 bridgehead atoms. The van der Waals surface area contributed by atoms with Gasteiger partial charge in [0.2, 0.25) is 0 Å². The summed E-state index contributed by atoms with van der Waals surface area (Å²) in [5.41, 5.74) is 2.38. The molecule has 1 aliphatic heterocycles. The van der Waals surface area contributed by atoms with Gasteiger partial charge in [0, 0.05) is 0 Å². The minimum Gasteiger partial charge on any atom is -0.430 e. The molecule has 0 saturated carbocycles. The summed E-state index contributed by atoms with van der Waals surface area (Å²) in [6, 6.07) is 0. The maximum Gasteiger partial charge on any atom is 0.508 e. The number of allylic oxidation sites excluding steroid dienone is 5. The molecule has 1 aliphatic rings. The minimum absolute atomic E-state index is 0.110. The highest BCUT2D eigenvalue weighted by molar-refractivity contribution is 5.61. The van der Waals surface area contributed by atoms with Crippen molar-refractivity contribution in [1.82, 2.24) is 0 Å². The topological polar surface area (TPSA) is 35.5 Å². The summed E-state index contributed by atoms with van der Waals surface area (Å²) in [5.74, 6) is 0. The van der Waals surface area contributed by atoms with Gasteiger partial charge in [-0.05, 0) is 37.8 Å². The summed E-state index contributed by atoms with van der Waals surface area (Å²) < 4.78 is 9.68. The van der Waals surface area contributed by atoms with E-state index in [1.54, 1.807) is 0 Å². The molecule has 1 rings (SSSR count). The van der Waals surface area contributed by atoms with Crippen LogP contribution in [0.1, 0.15) is 26.7 Å². The van der Waals surface area contributed by atoms with Gasteiger partial charge in [0.15, 0.2) is 0 Å². The van der Waals surface area contributed by atoms with Gasteiger partial charge < -0.3 is 9.47 Å². The van der Waals surface area contributed by atoms with Crippen LogP contribution in [0.5, 0.6) is 0 Å². The third kappa shape index (κ3) is 3.57. The summed E-state index contributed by atoms with van der Waals surface area (Å²) in [6.45, 7) is 8.19. The van der Waals surface area contributed by atoms with Crippen LogP contribution in [-0.4, -0.2) is 18.9 Å². The number of carbonyl (C=O) groups is 1. The van der Waals surface area contributed by atoms with E-state index in [2.05, 4.69) is 6.58 Å². The largest absolute Gasteiger partial charge is 0.508 e. The average Bonchev–Trinajstić information content (AvgIpc) is 2.65. The number of cyclic esters (lactones) is 2. The van der Waals surface area contributed by atoms with Crippen LogP contribution in [0.2, 0.25) is 0 Å². The monoisotopic (exact) mass is 222 g/mol. The lowest BCUT2D eigenvalue weighted by Gasteiger charge is -2.08. The van der Waals surface area contributed by atoms with Crippen molar-refractivity contribution in [3.63, 3.8) is 0 Å². The molecule has 1 fully saturated rings. The van der Waals surface area contributed by atoms with Crippen molar-refractivity contribution < 1.29 is 14.3 Å². The Labute approximate surface area is 96.4 Å². The standard InChI is InChI=1S/C13H18O3/c1-4-6-10(3)11(5-2)7-8-12-9-15-13(14)16-12/h4-6,12H,2,7-9H2,1,3H3/b6-4-,11-10+. The zero-order chi connectivity index (χ0) is 12.0. The Morgan fingerprint density at radius 3 is 2.88 bits per heavy atom. The molecule has 1 atom stereocenters. The van der Waals surface area contributed by atoms with Gasteiger partial charge >= 0.3 is 6.16 Å². The minimum atomic E-state index is -0.556. The third-order valence-corrected chi connectivity index (χ3v) is 2.56. The van der Waals surface area contributed by atoms with Gasteiger partial charge in [-0.2, -0.15) is 0 Å². The highest BCUT2D eigenvalue weighted by Gasteiger charge is 2.24. The molecule has 0 spiro atoms. The molecule has 0 radical (unpaired) electrons. The highest BCUT2D eigenvalue weighted by atomic mass is 16.8. The van der Waals surface area contributed by atoms with Crippen molar-refractivity contribution >= 4 is 6.16 Å². The molecule has 0 aromatic rings. The fourth-order valence-corrected chi connectivity index (χ4v) is 1.64. The molecule has 0 aromatic carbocycles. The Balaban J connectivity index is 2.49. The lowest BCUT2D eigenvalue weighted by atomic mass is 10.0. The van der Waals surface area contributed by atoms with Crippen molar-refractivity contribution in [2.75, 3.05) is 6.61 Å². The quantitative estimate of drug-likeness (QED) is 0.528. The van der Waals surface area contributed by atoms with Gasteiger partial charge in [0.05, 0.1) is 0 Å². The number of hydrogen-bond acceptors (Lipinski definition) is 3. The maximum absolute atomic E-state index is 10.7. The first-order chi connectivity index (χ1) is 7.67. The second-order valence-electron chi connectivity index (χ2n) is 3.75. The molecule has 1 unspecified atom stereocenters. The molecule has 1 heterocycles. The molecule has 3 heteroatoms. The van der Waals surface area contributed by atoms with E-state index in [0.29, 0.717) is 6.61 Å². The predicted molar refractivity (Wildman–Crippen MR) is 63.2 cm³/mol. The first-order valence-corrected chi connectivity index (χ1v) is 5.45. The Bertz CT molecular complexity index is 326. The molecular formula is C13H18O3. The summed E-state index contributed by atoms with van der Waals surface area (Å²) in [5, 5.41) is 0. The molecule has 0 amide bonds. The number of ether oxygens (including phenoxy) is 2. The Kier molecular flexibility index (Phi) is 4.83. The smallest absolute Gasteiger partial charge is 0.430 e. The molecule has 16 heavy (non-hydrogen) atoms. The van der Waals surface area contributed by atoms with E-state index >= 15 is 0 Å². The molecule has 3 nitrogen and oxygen atoms in total. The highest BCUT2D eigenvalue weighted by Crippen LogP contribution is 2.18. The van der Waals surface area contributed by atoms with Crippen LogP contribution in [0.25, 0.3) is 0 Å². The van der Waals surface area contributed by atoms with Crippen molar-refractivity contribution in [2.45, 2.75) is 32.8 Å². The first-order valence-electron chi connectivity index (χ1n) is 5.45. The number of carbonyl (C=O) groups excluding carboxylic acids is 1. The van der Waals surface area contributed by atoms with Gasteiger partial charge in [-0.3, -0.25) is 0 Å². The fraction of sp³-hybridized carbons (Fsp3) is 0.462. The van der Waals surface area contributed by atoms with Gasteiger partial charge in [0.25, 0.3) is 0 Å². The van der Waals surface area contributed by atoms with Crippen LogP contribution in [0.3, 0.4) is 0 Å². The first kappa shape index (κ1) is 12.6. The van der Waals surface area contributed by atoms with Gasteiger partial charge in [0.1, 0.15) is 12.7 Å². The summed E-state index contributed by atoms with van der Waals surface area (Å²) in [4.78, 5) is 10.7. The summed E-state index contributed by atoms with van der Waals surface area (Å²) in [6.07, 6.45) is 6.86. The average molecular weight is 222 g/mol. The second-order valence-corrected chi connectivity index (χ2v) is 3.75. The van der Waals surface area contributed by atoms with Gasteiger partial charge in [-0.25, -0.2) is 4.79 Å².